The van der Waals surface area contributed by atoms with Crippen LogP contribution in [-0.2, 0) is 11.8 Å². The van der Waals surface area contributed by atoms with Crippen LogP contribution in [0.1, 0.15) is 25.0 Å². The summed E-state index contributed by atoms with van der Waals surface area (Å²) in [5.74, 6) is 0.513. The molecule has 0 aliphatic carbocycles. The van der Waals surface area contributed by atoms with Crippen molar-refractivity contribution in [2.24, 2.45) is 4.99 Å². The number of nitrogens with zero attached hydrogens (tertiary/aromatic N) is 2. The lowest BCUT2D eigenvalue weighted by molar-refractivity contribution is 0.507. The van der Waals surface area contributed by atoms with Crippen molar-refractivity contribution in [3.05, 3.63) is 64.7 Å². The second-order valence-corrected chi connectivity index (χ2v) is 6.87. The molecule has 1 heterocycles. The maximum Gasteiger partial charge on any atom is 0.191 e. The number of aromatic nitrogens is 1. The summed E-state index contributed by atoms with van der Waals surface area (Å²) >= 11 is 5.79. The van der Waals surface area contributed by atoms with E-state index in [2.05, 4.69) is 34.5 Å². The molecule has 6 heteroatoms. The monoisotopic (exact) mass is 362 g/mol. The number of nitrogens with one attached hydrogen (secondary N) is 2. The summed E-state index contributed by atoms with van der Waals surface area (Å²) in [4.78, 5) is 8.31. The van der Waals surface area contributed by atoms with Crippen molar-refractivity contribution in [2.75, 3.05) is 20.1 Å². The number of hydrogen-bond donors (Lipinski definition) is 2. The number of hydrogen-bond acceptors (Lipinski definition) is 2. The van der Waals surface area contributed by atoms with Gasteiger partial charge in [0.05, 0.1) is 0 Å². The molecule has 134 valence electrons. The lowest BCUT2D eigenvalue weighted by Crippen LogP contribution is -2.44. The number of guanidine groups is 1. The van der Waals surface area contributed by atoms with Crippen LogP contribution in [0.2, 0.25) is 5.15 Å². The summed E-state index contributed by atoms with van der Waals surface area (Å²) in [6.07, 6.45) is 2.60. The van der Waals surface area contributed by atoms with Gasteiger partial charge in [-0.25, -0.2) is 9.37 Å². The molecule has 0 bridgehead atoms. The molecule has 2 N–H and O–H groups in total. The summed E-state index contributed by atoms with van der Waals surface area (Å²) in [7, 11) is 1.74. The lowest BCUT2D eigenvalue weighted by Gasteiger charge is -2.26. The summed E-state index contributed by atoms with van der Waals surface area (Å²) in [5, 5.41) is 7.11. The molecule has 0 amide bonds. The third-order valence-electron chi connectivity index (χ3n) is 4.04. The highest BCUT2D eigenvalue weighted by Crippen LogP contribution is 2.22. The Bertz CT molecular complexity index is 696. The van der Waals surface area contributed by atoms with E-state index in [1.807, 2.05) is 18.2 Å². The highest BCUT2D eigenvalue weighted by atomic mass is 35.5. The molecule has 0 aliphatic heterocycles. The van der Waals surface area contributed by atoms with Gasteiger partial charge in [-0.2, -0.15) is 0 Å². The van der Waals surface area contributed by atoms with Crippen LogP contribution in [0, 0.1) is 5.82 Å². The molecule has 0 radical (unpaired) electrons. The van der Waals surface area contributed by atoms with Crippen molar-refractivity contribution in [1.29, 1.82) is 0 Å². The van der Waals surface area contributed by atoms with Crippen LogP contribution in [0.4, 0.5) is 4.39 Å². The van der Waals surface area contributed by atoms with Gasteiger partial charge < -0.3 is 10.6 Å². The van der Waals surface area contributed by atoms with Crippen LogP contribution in [0.3, 0.4) is 0 Å². The van der Waals surface area contributed by atoms with Gasteiger partial charge in [-0.1, -0.05) is 43.6 Å². The lowest BCUT2D eigenvalue weighted by atomic mass is 9.84. The van der Waals surface area contributed by atoms with Crippen LogP contribution in [0.15, 0.2) is 47.6 Å². The molecule has 0 atom stereocenters. The highest BCUT2D eigenvalue weighted by molar-refractivity contribution is 6.29. The predicted molar refractivity (Wildman–Crippen MR) is 102 cm³/mol. The van der Waals surface area contributed by atoms with Crippen LogP contribution >= 0.6 is 11.6 Å². The van der Waals surface area contributed by atoms with Gasteiger partial charge in [0, 0.05) is 31.7 Å². The second kappa shape index (κ2) is 8.81. The van der Waals surface area contributed by atoms with Crippen molar-refractivity contribution in [3.63, 3.8) is 0 Å². The van der Waals surface area contributed by atoms with Crippen molar-refractivity contribution < 1.29 is 4.39 Å². The number of pyridine rings is 1. The van der Waals surface area contributed by atoms with Crippen molar-refractivity contribution >= 4 is 17.6 Å². The van der Waals surface area contributed by atoms with Gasteiger partial charge in [-0.05, 0) is 35.7 Å². The Morgan fingerprint density at radius 1 is 1.16 bits per heavy atom. The van der Waals surface area contributed by atoms with Gasteiger partial charge in [0.1, 0.15) is 11.0 Å². The van der Waals surface area contributed by atoms with E-state index in [1.54, 1.807) is 19.3 Å². The Morgan fingerprint density at radius 2 is 1.88 bits per heavy atom. The predicted octanol–water partition coefficient (Wildman–Crippen LogP) is 3.56. The highest BCUT2D eigenvalue weighted by Gasteiger charge is 2.20. The second-order valence-electron chi connectivity index (χ2n) is 6.48. The Morgan fingerprint density at radius 3 is 2.48 bits per heavy atom. The van der Waals surface area contributed by atoms with E-state index >= 15 is 0 Å². The average molecular weight is 363 g/mol. The Balaban J connectivity index is 1.83. The van der Waals surface area contributed by atoms with Crippen LogP contribution < -0.4 is 10.6 Å². The van der Waals surface area contributed by atoms with Gasteiger partial charge in [0.25, 0.3) is 0 Å². The van der Waals surface area contributed by atoms with Gasteiger partial charge in [-0.15, -0.1) is 0 Å². The Labute approximate surface area is 153 Å². The molecule has 1 aromatic carbocycles. The van der Waals surface area contributed by atoms with E-state index in [1.165, 1.54) is 12.1 Å². The van der Waals surface area contributed by atoms with E-state index in [0.29, 0.717) is 11.7 Å². The molecule has 0 saturated heterocycles. The minimum absolute atomic E-state index is 0.147. The molecule has 4 nitrogen and oxygen atoms in total. The zero-order chi connectivity index (χ0) is 18.3. The van der Waals surface area contributed by atoms with Gasteiger partial charge in [0.15, 0.2) is 5.96 Å². The first-order valence-corrected chi connectivity index (χ1v) is 8.59. The molecule has 0 saturated carbocycles. The molecular weight excluding hydrogens is 339 g/mol. The van der Waals surface area contributed by atoms with Crippen LogP contribution in [0.5, 0.6) is 0 Å². The normalized spacial score (nSPS) is 12.1. The number of halogens is 2. The Kier molecular flexibility index (Phi) is 6.76. The maximum atomic E-state index is 13.1. The topological polar surface area (TPSA) is 49.3 Å². The molecule has 25 heavy (non-hydrogen) atoms. The zero-order valence-electron chi connectivity index (χ0n) is 14.8. The third-order valence-corrected chi connectivity index (χ3v) is 4.27. The minimum atomic E-state index is -0.221. The van der Waals surface area contributed by atoms with Crippen molar-refractivity contribution in [3.8, 4) is 0 Å². The molecule has 2 rings (SSSR count). The van der Waals surface area contributed by atoms with Gasteiger partial charge in [0.2, 0.25) is 0 Å². The fraction of sp³-hybridized carbons (Fsp3) is 0.368. The van der Waals surface area contributed by atoms with E-state index < -0.39 is 0 Å². The summed E-state index contributed by atoms with van der Waals surface area (Å²) in [5.41, 5.74) is 2.04. The fourth-order valence-electron chi connectivity index (χ4n) is 2.41. The molecule has 0 fully saturated rings. The van der Waals surface area contributed by atoms with E-state index in [0.717, 1.165) is 30.1 Å². The Hall–Kier alpha value is -2.14. The van der Waals surface area contributed by atoms with E-state index in [-0.39, 0.29) is 11.2 Å². The average Bonchev–Trinajstić information content (AvgIpc) is 2.60. The third kappa shape index (κ3) is 6.02. The molecular formula is C19H24ClFN4. The number of rotatable bonds is 6. The fourth-order valence-corrected chi connectivity index (χ4v) is 2.52. The zero-order valence-corrected chi connectivity index (χ0v) is 15.6. The molecule has 0 aliphatic rings. The van der Waals surface area contributed by atoms with Gasteiger partial charge in [-0.3, -0.25) is 4.99 Å². The molecule has 2 aromatic rings. The molecule has 1 aromatic heterocycles. The summed E-state index contributed by atoms with van der Waals surface area (Å²) < 4.78 is 13.1. The summed E-state index contributed by atoms with van der Waals surface area (Å²) in [6.45, 7) is 5.64. The first kappa shape index (κ1) is 19.2. The van der Waals surface area contributed by atoms with Crippen molar-refractivity contribution in [2.45, 2.75) is 25.7 Å². The van der Waals surface area contributed by atoms with Gasteiger partial charge >= 0.3 is 0 Å². The molecule has 0 unspecified atom stereocenters. The van der Waals surface area contributed by atoms with Crippen LogP contribution in [-0.4, -0.2) is 31.1 Å². The smallest absolute Gasteiger partial charge is 0.191 e. The maximum absolute atomic E-state index is 13.1. The first-order chi connectivity index (χ1) is 11.9. The summed E-state index contributed by atoms with van der Waals surface area (Å²) in [6, 6.07) is 10.4. The van der Waals surface area contributed by atoms with E-state index in [4.69, 9.17) is 11.6 Å². The number of benzene rings is 1. The number of aliphatic imine (C=N–C) groups is 1. The van der Waals surface area contributed by atoms with Crippen LogP contribution in [0.25, 0.3) is 0 Å². The van der Waals surface area contributed by atoms with Crippen molar-refractivity contribution in [1.82, 2.24) is 15.6 Å². The van der Waals surface area contributed by atoms with E-state index in [9.17, 15) is 4.39 Å². The first-order valence-electron chi connectivity index (χ1n) is 8.22. The standard InChI is InChI=1S/C19H24ClFN4/c1-19(2,15-5-7-16(21)8-6-15)13-25-18(22-3)23-11-10-14-4-9-17(20)24-12-14/h4-9,12H,10-11,13H2,1-3H3,(H2,22,23,25). The SMILES string of the molecule is CN=C(NCCc1ccc(Cl)nc1)NCC(C)(C)c1ccc(F)cc1. The minimum Gasteiger partial charge on any atom is -0.356 e. The molecule has 0 spiro atoms. The quantitative estimate of drug-likeness (QED) is 0.469. The largest absolute Gasteiger partial charge is 0.356 e.